The van der Waals surface area contributed by atoms with Crippen LogP contribution in [0.3, 0.4) is 0 Å². The zero-order valence-electron chi connectivity index (χ0n) is 20.3. The zero-order valence-corrected chi connectivity index (χ0v) is 20.3. The van der Waals surface area contributed by atoms with E-state index in [2.05, 4.69) is 15.2 Å². The zero-order chi connectivity index (χ0) is 25.1. The Morgan fingerprint density at radius 2 is 1.89 bits per heavy atom. The number of benzene rings is 2. The van der Waals surface area contributed by atoms with E-state index in [1.165, 1.54) is 6.07 Å². The van der Waals surface area contributed by atoms with E-state index in [9.17, 15) is 18.7 Å². The number of aromatic nitrogens is 2. The summed E-state index contributed by atoms with van der Waals surface area (Å²) in [5.74, 6) is 0.875. The molecule has 0 bridgehead atoms. The molecular weight excluding hydrogens is 450 g/mol. The molecule has 8 heteroatoms. The van der Waals surface area contributed by atoms with Crippen molar-refractivity contribution in [3.05, 3.63) is 53.6 Å². The molecular formula is C27H36F2N4O2. The lowest BCUT2D eigenvalue weighted by Crippen LogP contribution is -2.43. The number of hydrogen-bond donors (Lipinski definition) is 2. The maximum Gasteiger partial charge on any atom is 0.264 e. The minimum Gasteiger partial charge on any atom is -0.383 e. The maximum absolute atomic E-state index is 13.7. The highest BCUT2D eigenvalue weighted by Crippen LogP contribution is 2.34. The lowest BCUT2D eigenvalue weighted by atomic mass is 9.96. The van der Waals surface area contributed by atoms with Crippen LogP contribution in [0.4, 0.5) is 14.6 Å². The van der Waals surface area contributed by atoms with E-state index in [4.69, 9.17) is 4.98 Å². The standard InChI is InChI=1S/C27H32F2N4O2.2H2/c1-16(2)23(34)27(35)30-15-18-10-12-33(13-11-18)26-21-9-8-17(3)14-22(21)31-25(32-26)20-7-5-4-6-19(20)24(28)29;;/h4-9,14,16,18,23-24,34H,10-13,15H2,1-3H3,(H,30,35);2*1H/t23-;;/m1../s1. The third kappa shape index (κ3) is 5.59. The predicted octanol–water partition coefficient (Wildman–Crippen LogP) is 5.38. The Hall–Kier alpha value is -3.13. The summed E-state index contributed by atoms with van der Waals surface area (Å²) in [5, 5.41) is 13.7. The smallest absolute Gasteiger partial charge is 0.264 e. The lowest BCUT2D eigenvalue weighted by molar-refractivity contribution is -0.131. The van der Waals surface area contributed by atoms with Gasteiger partial charge in [0.25, 0.3) is 6.43 Å². The van der Waals surface area contributed by atoms with Crippen molar-refractivity contribution in [1.29, 1.82) is 0 Å². The van der Waals surface area contributed by atoms with Crippen LogP contribution in [0.15, 0.2) is 42.5 Å². The SMILES string of the molecule is Cc1ccc2c(N3CCC(CNC(=O)[C@H](O)C(C)C)CC3)nc(-c3ccccc3C(F)F)nc2c1.[HH].[HH]. The van der Waals surface area contributed by atoms with Gasteiger partial charge in [-0.3, -0.25) is 4.79 Å². The number of aliphatic hydroxyl groups is 1. The first-order valence-electron chi connectivity index (χ1n) is 12.1. The van der Waals surface area contributed by atoms with Gasteiger partial charge in [0.15, 0.2) is 5.82 Å². The number of nitrogens with zero attached hydrogens (tertiary/aromatic N) is 3. The van der Waals surface area contributed by atoms with Gasteiger partial charge >= 0.3 is 0 Å². The maximum atomic E-state index is 13.7. The first kappa shape index (κ1) is 25.0. The third-order valence-electron chi connectivity index (χ3n) is 6.65. The van der Waals surface area contributed by atoms with Crippen molar-refractivity contribution in [3.8, 4) is 11.4 Å². The van der Waals surface area contributed by atoms with Gasteiger partial charge in [-0.15, -0.1) is 0 Å². The Morgan fingerprint density at radius 1 is 1.17 bits per heavy atom. The summed E-state index contributed by atoms with van der Waals surface area (Å²) in [6.07, 6.45) is -1.93. The molecule has 1 aliphatic heterocycles. The van der Waals surface area contributed by atoms with Crippen LogP contribution in [-0.2, 0) is 4.79 Å². The molecule has 0 saturated carbocycles. The Kier molecular flexibility index (Phi) is 7.60. The molecule has 1 atom stereocenters. The number of alkyl halides is 2. The fourth-order valence-corrected chi connectivity index (χ4v) is 4.48. The average molecular weight is 487 g/mol. The molecule has 35 heavy (non-hydrogen) atoms. The number of carbonyl (C=O) groups is 1. The summed E-state index contributed by atoms with van der Waals surface area (Å²) < 4.78 is 27.4. The second-order valence-corrected chi connectivity index (χ2v) is 9.64. The van der Waals surface area contributed by atoms with Crippen LogP contribution in [0.1, 0.15) is 47.1 Å². The van der Waals surface area contributed by atoms with Crippen molar-refractivity contribution in [1.82, 2.24) is 15.3 Å². The summed E-state index contributed by atoms with van der Waals surface area (Å²) in [4.78, 5) is 23.7. The van der Waals surface area contributed by atoms with Crippen molar-refractivity contribution in [2.45, 2.75) is 46.1 Å². The van der Waals surface area contributed by atoms with E-state index in [0.717, 1.165) is 48.2 Å². The second-order valence-electron chi connectivity index (χ2n) is 9.64. The predicted molar refractivity (Wildman–Crippen MR) is 138 cm³/mol. The van der Waals surface area contributed by atoms with Gasteiger partial charge in [0.05, 0.1) is 5.52 Å². The van der Waals surface area contributed by atoms with Gasteiger partial charge in [-0.25, -0.2) is 18.7 Å². The molecule has 1 amide bonds. The molecule has 1 aromatic heterocycles. The average Bonchev–Trinajstić information content (AvgIpc) is 2.86. The van der Waals surface area contributed by atoms with Crippen molar-refractivity contribution in [2.24, 2.45) is 11.8 Å². The van der Waals surface area contributed by atoms with Crippen LogP contribution in [0.2, 0.25) is 0 Å². The quantitative estimate of drug-likeness (QED) is 0.469. The van der Waals surface area contributed by atoms with Crippen LogP contribution in [-0.4, -0.2) is 46.7 Å². The summed E-state index contributed by atoms with van der Waals surface area (Å²) in [5.41, 5.74) is 2.02. The lowest BCUT2D eigenvalue weighted by Gasteiger charge is -2.34. The number of rotatable bonds is 7. The number of hydrogen-bond acceptors (Lipinski definition) is 5. The molecule has 1 fully saturated rings. The highest BCUT2D eigenvalue weighted by atomic mass is 19.3. The minimum atomic E-state index is -2.62. The number of anilines is 1. The molecule has 6 nitrogen and oxygen atoms in total. The highest BCUT2D eigenvalue weighted by molar-refractivity contribution is 5.91. The highest BCUT2D eigenvalue weighted by Gasteiger charge is 2.25. The molecule has 4 rings (SSSR count). The molecule has 2 N–H and O–H groups in total. The van der Waals surface area contributed by atoms with Gasteiger partial charge in [-0.05, 0) is 49.3 Å². The molecule has 1 aliphatic rings. The Labute approximate surface area is 207 Å². The fourth-order valence-electron chi connectivity index (χ4n) is 4.48. The number of aliphatic hydroxyl groups excluding tert-OH is 1. The van der Waals surface area contributed by atoms with Gasteiger partial charge in [-0.2, -0.15) is 0 Å². The van der Waals surface area contributed by atoms with Gasteiger partial charge in [0, 0.05) is 39.0 Å². The third-order valence-corrected chi connectivity index (χ3v) is 6.65. The van der Waals surface area contributed by atoms with Crippen molar-refractivity contribution in [2.75, 3.05) is 24.5 Å². The first-order chi connectivity index (χ1) is 16.7. The minimum absolute atomic E-state index is 0. The van der Waals surface area contributed by atoms with Crippen molar-refractivity contribution < 1.29 is 21.5 Å². The number of halogens is 2. The molecule has 0 radical (unpaired) electrons. The van der Waals surface area contributed by atoms with E-state index >= 15 is 0 Å². The van der Waals surface area contributed by atoms with Gasteiger partial charge in [0.1, 0.15) is 11.9 Å². The monoisotopic (exact) mass is 486 g/mol. The molecule has 0 unspecified atom stereocenters. The van der Waals surface area contributed by atoms with E-state index in [0.29, 0.717) is 23.9 Å². The summed E-state index contributed by atoms with van der Waals surface area (Å²) in [6.45, 7) is 7.57. The van der Waals surface area contributed by atoms with Crippen LogP contribution in [0.25, 0.3) is 22.3 Å². The van der Waals surface area contributed by atoms with E-state index in [1.54, 1.807) is 18.2 Å². The van der Waals surface area contributed by atoms with E-state index in [-0.39, 0.29) is 20.2 Å². The Balaban J connectivity index is 0.00000241. The molecule has 1 saturated heterocycles. The summed E-state index contributed by atoms with van der Waals surface area (Å²) in [7, 11) is 0. The van der Waals surface area contributed by atoms with Crippen LogP contribution >= 0.6 is 0 Å². The Bertz CT molecular complexity index is 1200. The fraction of sp³-hybridized carbons (Fsp3) is 0.444. The molecule has 3 aromatic rings. The van der Waals surface area contributed by atoms with Crippen LogP contribution < -0.4 is 10.2 Å². The van der Waals surface area contributed by atoms with Gasteiger partial charge in [-0.1, -0.05) is 44.2 Å². The van der Waals surface area contributed by atoms with Gasteiger partial charge in [0.2, 0.25) is 5.91 Å². The topological polar surface area (TPSA) is 78.4 Å². The second kappa shape index (κ2) is 10.6. The summed E-state index contributed by atoms with van der Waals surface area (Å²) in [6, 6.07) is 12.3. The van der Waals surface area contributed by atoms with Crippen molar-refractivity contribution in [3.63, 3.8) is 0 Å². The van der Waals surface area contributed by atoms with Crippen LogP contribution in [0, 0.1) is 18.8 Å². The molecule has 190 valence electrons. The molecule has 0 aliphatic carbocycles. The first-order valence-corrected chi connectivity index (χ1v) is 12.1. The molecule has 0 spiro atoms. The number of piperidine rings is 1. The summed E-state index contributed by atoms with van der Waals surface area (Å²) >= 11 is 0. The van der Waals surface area contributed by atoms with Gasteiger partial charge < -0.3 is 15.3 Å². The van der Waals surface area contributed by atoms with Crippen molar-refractivity contribution >= 4 is 22.6 Å². The Morgan fingerprint density at radius 3 is 2.57 bits per heavy atom. The number of amides is 1. The van der Waals surface area contributed by atoms with E-state index < -0.39 is 12.5 Å². The molecule has 2 heterocycles. The number of carbonyl (C=O) groups excluding carboxylic acids is 1. The van der Waals surface area contributed by atoms with Crippen LogP contribution in [0.5, 0.6) is 0 Å². The number of fused-ring (bicyclic) bond motifs is 1. The van der Waals surface area contributed by atoms with E-state index in [1.807, 2.05) is 39.0 Å². The number of nitrogens with one attached hydrogen (secondary N) is 1. The number of aryl methyl sites for hydroxylation is 1. The largest absolute Gasteiger partial charge is 0.383 e. The normalized spacial score (nSPS) is 15.7. The molecule has 2 aromatic carbocycles.